The van der Waals surface area contributed by atoms with Gasteiger partial charge in [-0.25, -0.2) is 8.42 Å². The number of sulfonamides is 1. The number of benzene rings is 2. The van der Waals surface area contributed by atoms with E-state index in [2.05, 4.69) is 36.6 Å². The van der Waals surface area contributed by atoms with E-state index >= 15 is 0 Å². The van der Waals surface area contributed by atoms with Crippen molar-refractivity contribution in [2.75, 3.05) is 4.72 Å². The third kappa shape index (κ3) is 3.34. The van der Waals surface area contributed by atoms with Gasteiger partial charge >= 0.3 is 0 Å². The molecule has 0 saturated carbocycles. The SMILES string of the molecule is O=S(=O)(Nc1ccc(Br)cc1)c1cccc(Br)c1. The van der Waals surface area contributed by atoms with Crippen LogP contribution in [0, 0.1) is 0 Å². The number of rotatable bonds is 3. The minimum Gasteiger partial charge on any atom is -0.280 e. The normalized spacial score (nSPS) is 11.2. The number of hydrogen-bond donors (Lipinski definition) is 1. The molecule has 0 fully saturated rings. The van der Waals surface area contributed by atoms with Gasteiger partial charge in [0, 0.05) is 14.6 Å². The molecule has 1 N–H and O–H groups in total. The lowest BCUT2D eigenvalue weighted by Crippen LogP contribution is -2.12. The Labute approximate surface area is 123 Å². The van der Waals surface area contributed by atoms with Gasteiger partial charge in [-0.2, -0.15) is 0 Å². The van der Waals surface area contributed by atoms with Crippen LogP contribution in [0.4, 0.5) is 5.69 Å². The number of anilines is 1. The summed E-state index contributed by atoms with van der Waals surface area (Å²) in [7, 11) is -3.54. The van der Waals surface area contributed by atoms with Gasteiger partial charge in [-0.3, -0.25) is 4.72 Å². The largest absolute Gasteiger partial charge is 0.280 e. The topological polar surface area (TPSA) is 46.2 Å². The monoisotopic (exact) mass is 389 g/mol. The second-order valence-electron chi connectivity index (χ2n) is 3.57. The first-order valence-corrected chi connectivity index (χ1v) is 8.08. The molecule has 2 aromatic carbocycles. The predicted octanol–water partition coefficient (Wildman–Crippen LogP) is 4.01. The van der Waals surface area contributed by atoms with Crippen LogP contribution in [0.25, 0.3) is 0 Å². The van der Waals surface area contributed by atoms with Crippen molar-refractivity contribution in [1.82, 2.24) is 0 Å². The quantitative estimate of drug-likeness (QED) is 0.860. The van der Waals surface area contributed by atoms with Gasteiger partial charge in [0.25, 0.3) is 10.0 Å². The van der Waals surface area contributed by atoms with E-state index < -0.39 is 10.0 Å². The van der Waals surface area contributed by atoms with E-state index in [0.717, 1.165) is 8.95 Å². The lowest BCUT2D eigenvalue weighted by molar-refractivity contribution is 0.601. The van der Waals surface area contributed by atoms with Crippen molar-refractivity contribution in [2.45, 2.75) is 4.90 Å². The summed E-state index contributed by atoms with van der Waals surface area (Å²) in [5, 5.41) is 0. The Balaban J connectivity index is 2.30. The zero-order valence-corrected chi connectivity index (χ0v) is 13.1. The molecule has 0 saturated heterocycles. The molecule has 0 spiro atoms. The van der Waals surface area contributed by atoms with Crippen LogP contribution in [0.5, 0.6) is 0 Å². The fourth-order valence-corrected chi connectivity index (χ4v) is 3.29. The average Bonchev–Trinajstić information content (AvgIpc) is 2.32. The van der Waals surface area contributed by atoms with Crippen LogP contribution in [0.3, 0.4) is 0 Å². The van der Waals surface area contributed by atoms with Gasteiger partial charge in [0.2, 0.25) is 0 Å². The molecule has 18 heavy (non-hydrogen) atoms. The molecule has 0 heterocycles. The highest BCUT2D eigenvalue weighted by molar-refractivity contribution is 9.10. The van der Waals surface area contributed by atoms with E-state index in [0.29, 0.717) is 5.69 Å². The van der Waals surface area contributed by atoms with Crippen molar-refractivity contribution in [2.24, 2.45) is 0 Å². The zero-order valence-electron chi connectivity index (χ0n) is 9.10. The molecule has 0 amide bonds. The van der Waals surface area contributed by atoms with E-state index in [1.165, 1.54) is 0 Å². The maximum atomic E-state index is 12.1. The molecule has 2 rings (SSSR count). The van der Waals surface area contributed by atoms with Crippen LogP contribution in [0.2, 0.25) is 0 Å². The maximum absolute atomic E-state index is 12.1. The fourth-order valence-electron chi connectivity index (χ4n) is 1.37. The Morgan fingerprint density at radius 1 is 0.889 bits per heavy atom. The Morgan fingerprint density at radius 2 is 1.56 bits per heavy atom. The average molecular weight is 391 g/mol. The summed E-state index contributed by atoms with van der Waals surface area (Å²) in [6.45, 7) is 0. The van der Waals surface area contributed by atoms with Gasteiger partial charge < -0.3 is 0 Å². The van der Waals surface area contributed by atoms with Crippen molar-refractivity contribution in [3.63, 3.8) is 0 Å². The van der Waals surface area contributed by atoms with E-state index in [1.54, 1.807) is 48.5 Å². The van der Waals surface area contributed by atoms with E-state index in [9.17, 15) is 8.42 Å². The second-order valence-corrected chi connectivity index (χ2v) is 7.08. The Hall–Kier alpha value is -0.850. The summed E-state index contributed by atoms with van der Waals surface area (Å²) in [4.78, 5) is 0.222. The first-order valence-electron chi connectivity index (χ1n) is 5.01. The molecule has 0 aliphatic carbocycles. The van der Waals surface area contributed by atoms with Crippen molar-refractivity contribution < 1.29 is 8.42 Å². The van der Waals surface area contributed by atoms with Crippen molar-refractivity contribution in [3.8, 4) is 0 Å². The summed E-state index contributed by atoms with van der Waals surface area (Å²) < 4.78 is 28.3. The van der Waals surface area contributed by atoms with Crippen LogP contribution >= 0.6 is 31.9 Å². The Kier molecular flexibility index (Phi) is 4.09. The van der Waals surface area contributed by atoms with Crippen LogP contribution in [0.1, 0.15) is 0 Å². The first-order chi connectivity index (χ1) is 8.47. The molecular weight excluding hydrogens is 382 g/mol. The second kappa shape index (κ2) is 5.42. The van der Waals surface area contributed by atoms with Crippen LogP contribution in [-0.4, -0.2) is 8.42 Å². The molecule has 0 aliphatic rings. The standard InChI is InChI=1S/C12H9Br2NO2S/c13-9-4-6-11(7-5-9)15-18(16,17)12-3-1-2-10(14)8-12/h1-8,15H. The molecule has 3 nitrogen and oxygen atoms in total. The molecule has 0 unspecified atom stereocenters. The zero-order chi connectivity index (χ0) is 13.2. The summed E-state index contributed by atoms with van der Waals surface area (Å²) >= 11 is 6.55. The first kappa shape index (κ1) is 13.6. The minimum absolute atomic E-state index is 0.222. The summed E-state index contributed by atoms with van der Waals surface area (Å²) in [5.74, 6) is 0. The van der Waals surface area contributed by atoms with E-state index in [1.807, 2.05) is 0 Å². The maximum Gasteiger partial charge on any atom is 0.261 e. The summed E-state index contributed by atoms with van der Waals surface area (Å²) in [5.41, 5.74) is 0.526. The van der Waals surface area contributed by atoms with Crippen molar-refractivity contribution >= 4 is 47.6 Å². The van der Waals surface area contributed by atoms with Gasteiger partial charge in [0.15, 0.2) is 0 Å². The van der Waals surface area contributed by atoms with Gasteiger partial charge in [-0.05, 0) is 42.5 Å². The molecule has 0 atom stereocenters. The van der Waals surface area contributed by atoms with Crippen molar-refractivity contribution in [3.05, 3.63) is 57.5 Å². The molecule has 2 aromatic rings. The van der Waals surface area contributed by atoms with Crippen LogP contribution in [-0.2, 0) is 10.0 Å². The lowest BCUT2D eigenvalue weighted by Gasteiger charge is -2.08. The predicted molar refractivity (Wildman–Crippen MR) is 79.1 cm³/mol. The number of nitrogens with one attached hydrogen (secondary N) is 1. The van der Waals surface area contributed by atoms with Crippen LogP contribution in [0.15, 0.2) is 62.4 Å². The molecule has 0 aromatic heterocycles. The fraction of sp³-hybridized carbons (Fsp3) is 0. The Bertz CT molecular complexity index is 654. The highest BCUT2D eigenvalue weighted by Crippen LogP contribution is 2.20. The van der Waals surface area contributed by atoms with Crippen molar-refractivity contribution in [1.29, 1.82) is 0 Å². The molecular formula is C12H9Br2NO2S. The molecule has 94 valence electrons. The number of hydrogen-bond acceptors (Lipinski definition) is 2. The smallest absolute Gasteiger partial charge is 0.261 e. The molecule has 6 heteroatoms. The molecule has 0 aliphatic heterocycles. The lowest BCUT2D eigenvalue weighted by atomic mass is 10.3. The Morgan fingerprint density at radius 3 is 2.17 bits per heavy atom. The highest BCUT2D eigenvalue weighted by atomic mass is 79.9. The van der Waals surface area contributed by atoms with E-state index in [4.69, 9.17) is 0 Å². The molecule has 0 bridgehead atoms. The third-order valence-electron chi connectivity index (χ3n) is 2.20. The van der Waals surface area contributed by atoms with Crippen LogP contribution < -0.4 is 4.72 Å². The van der Waals surface area contributed by atoms with Gasteiger partial charge in [0.05, 0.1) is 4.90 Å². The molecule has 0 radical (unpaired) electrons. The minimum atomic E-state index is -3.54. The third-order valence-corrected chi connectivity index (χ3v) is 4.60. The number of halogens is 2. The summed E-state index contributed by atoms with van der Waals surface area (Å²) in [6, 6.07) is 13.5. The highest BCUT2D eigenvalue weighted by Gasteiger charge is 2.13. The van der Waals surface area contributed by atoms with E-state index in [-0.39, 0.29) is 4.90 Å². The van der Waals surface area contributed by atoms with Gasteiger partial charge in [-0.1, -0.05) is 37.9 Å². The van der Waals surface area contributed by atoms with Gasteiger partial charge in [0.1, 0.15) is 0 Å². The summed E-state index contributed by atoms with van der Waals surface area (Å²) in [6.07, 6.45) is 0. The van der Waals surface area contributed by atoms with Gasteiger partial charge in [-0.15, -0.1) is 0 Å².